The third-order valence-corrected chi connectivity index (χ3v) is 4.58. The minimum Gasteiger partial charge on any atom is -0.497 e. The van der Waals surface area contributed by atoms with Gasteiger partial charge in [-0.3, -0.25) is 0 Å². The van der Waals surface area contributed by atoms with E-state index in [1.54, 1.807) is 32.4 Å². The quantitative estimate of drug-likeness (QED) is 0.586. The number of benzene rings is 1. The Hall–Kier alpha value is -3.23. The molecule has 1 aromatic carbocycles. The molecule has 2 amide bonds. The van der Waals surface area contributed by atoms with E-state index in [4.69, 9.17) is 9.47 Å². The molecule has 3 rings (SSSR count). The van der Waals surface area contributed by atoms with Gasteiger partial charge in [0.15, 0.2) is 0 Å². The van der Waals surface area contributed by atoms with Crippen LogP contribution in [0.4, 0.5) is 22.1 Å². The number of methoxy groups -OCH3 is 2. The van der Waals surface area contributed by atoms with Gasteiger partial charge in [0.1, 0.15) is 29.0 Å². The van der Waals surface area contributed by atoms with E-state index in [-0.39, 0.29) is 6.03 Å². The zero-order chi connectivity index (χ0) is 20.6. The predicted octanol–water partition coefficient (Wildman–Crippen LogP) is 2.64. The molecular weight excluding hydrogens is 372 g/mol. The van der Waals surface area contributed by atoms with Gasteiger partial charge in [-0.25, -0.2) is 14.8 Å². The second-order valence-corrected chi connectivity index (χ2v) is 6.76. The van der Waals surface area contributed by atoms with Crippen LogP contribution in [0.1, 0.15) is 18.7 Å². The smallest absolute Gasteiger partial charge is 0.319 e. The number of hydrogen-bond acceptors (Lipinski definition) is 7. The summed E-state index contributed by atoms with van der Waals surface area (Å²) in [7, 11) is 3.13. The molecule has 1 aromatic heterocycles. The van der Waals surface area contributed by atoms with Gasteiger partial charge in [0.05, 0.1) is 14.2 Å². The number of ether oxygens (including phenoxy) is 2. The highest BCUT2D eigenvalue weighted by atomic mass is 16.5. The number of amides is 2. The Bertz CT molecular complexity index is 817. The molecule has 29 heavy (non-hydrogen) atoms. The molecular formula is C20H28N6O3. The molecule has 0 atom stereocenters. The molecule has 0 radical (unpaired) electrons. The van der Waals surface area contributed by atoms with Crippen molar-refractivity contribution in [2.45, 2.75) is 19.8 Å². The predicted molar refractivity (Wildman–Crippen MR) is 113 cm³/mol. The van der Waals surface area contributed by atoms with Crippen LogP contribution in [0, 0.1) is 6.92 Å². The van der Waals surface area contributed by atoms with Crippen molar-refractivity contribution in [3.63, 3.8) is 0 Å². The maximum atomic E-state index is 12.1. The van der Waals surface area contributed by atoms with E-state index in [0.717, 1.165) is 30.5 Å². The SMILES string of the molecule is COc1cc(NC(=O)NCCNc2cc(N3CCCC3)nc(C)n2)cc(OC)c1. The molecule has 0 saturated carbocycles. The lowest BCUT2D eigenvalue weighted by molar-refractivity contribution is 0.252. The Morgan fingerprint density at radius 3 is 2.38 bits per heavy atom. The van der Waals surface area contributed by atoms with Crippen molar-refractivity contribution in [1.82, 2.24) is 15.3 Å². The fourth-order valence-electron chi connectivity index (χ4n) is 3.17. The summed E-state index contributed by atoms with van der Waals surface area (Å²) in [6.07, 6.45) is 2.40. The molecule has 156 valence electrons. The number of anilines is 3. The Morgan fingerprint density at radius 1 is 1.03 bits per heavy atom. The summed E-state index contributed by atoms with van der Waals surface area (Å²) < 4.78 is 10.4. The third-order valence-electron chi connectivity index (χ3n) is 4.58. The van der Waals surface area contributed by atoms with Crippen molar-refractivity contribution in [2.24, 2.45) is 0 Å². The first-order valence-corrected chi connectivity index (χ1v) is 9.70. The summed E-state index contributed by atoms with van der Waals surface area (Å²) >= 11 is 0. The minimum atomic E-state index is -0.307. The maximum absolute atomic E-state index is 12.1. The molecule has 0 aliphatic carbocycles. The average Bonchev–Trinajstić information content (AvgIpc) is 3.25. The Morgan fingerprint density at radius 2 is 1.72 bits per heavy atom. The second-order valence-electron chi connectivity index (χ2n) is 6.76. The fraction of sp³-hybridized carbons (Fsp3) is 0.450. The summed E-state index contributed by atoms with van der Waals surface area (Å²) in [5.41, 5.74) is 0.591. The zero-order valence-corrected chi connectivity index (χ0v) is 17.1. The van der Waals surface area contributed by atoms with E-state index in [0.29, 0.717) is 30.3 Å². The maximum Gasteiger partial charge on any atom is 0.319 e. The molecule has 1 aliphatic heterocycles. The first-order valence-electron chi connectivity index (χ1n) is 9.70. The summed E-state index contributed by atoms with van der Waals surface area (Å²) in [5.74, 6) is 3.66. The van der Waals surface area contributed by atoms with E-state index in [2.05, 4.69) is 30.8 Å². The molecule has 9 nitrogen and oxygen atoms in total. The number of aryl methyl sites for hydroxylation is 1. The molecule has 0 spiro atoms. The lowest BCUT2D eigenvalue weighted by atomic mass is 10.3. The molecule has 3 N–H and O–H groups in total. The van der Waals surface area contributed by atoms with Crippen molar-refractivity contribution >= 4 is 23.4 Å². The van der Waals surface area contributed by atoms with Gasteiger partial charge >= 0.3 is 6.03 Å². The normalized spacial score (nSPS) is 13.1. The lowest BCUT2D eigenvalue weighted by Gasteiger charge is -2.18. The Balaban J connectivity index is 1.47. The Kier molecular flexibility index (Phi) is 6.94. The summed E-state index contributed by atoms with van der Waals surface area (Å²) in [4.78, 5) is 23.4. The molecule has 1 saturated heterocycles. The number of nitrogens with one attached hydrogen (secondary N) is 3. The molecule has 0 bridgehead atoms. The number of rotatable bonds is 8. The van der Waals surface area contributed by atoms with Crippen LogP contribution in [-0.2, 0) is 0 Å². The largest absolute Gasteiger partial charge is 0.497 e. The first-order chi connectivity index (χ1) is 14.1. The number of urea groups is 1. The van der Waals surface area contributed by atoms with E-state index in [9.17, 15) is 4.79 Å². The van der Waals surface area contributed by atoms with E-state index in [1.807, 2.05) is 13.0 Å². The minimum absolute atomic E-state index is 0.307. The van der Waals surface area contributed by atoms with Gasteiger partial charge in [0.2, 0.25) is 0 Å². The van der Waals surface area contributed by atoms with Crippen molar-refractivity contribution < 1.29 is 14.3 Å². The average molecular weight is 400 g/mol. The standard InChI is InChI=1S/C20H28N6O3/c1-14-23-18(13-19(24-14)26-8-4-5-9-26)21-6-7-22-20(27)25-15-10-16(28-2)12-17(11-15)29-3/h10-13H,4-9H2,1-3H3,(H,21,23,24)(H2,22,25,27). The number of aromatic nitrogens is 2. The van der Waals surface area contributed by atoms with Crippen LogP contribution >= 0.6 is 0 Å². The van der Waals surface area contributed by atoms with Crippen LogP contribution in [0.15, 0.2) is 24.3 Å². The lowest BCUT2D eigenvalue weighted by Crippen LogP contribution is -2.32. The van der Waals surface area contributed by atoms with E-state index in [1.165, 1.54) is 12.8 Å². The molecule has 2 aromatic rings. The van der Waals surface area contributed by atoms with Crippen LogP contribution < -0.4 is 30.3 Å². The van der Waals surface area contributed by atoms with Gasteiger partial charge < -0.3 is 30.3 Å². The van der Waals surface area contributed by atoms with Crippen LogP contribution in [-0.4, -0.2) is 56.4 Å². The molecule has 0 unspecified atom stereocenters. The highest BCUT2D eigenvalue weighted by Crippen LogP contribution is 2.25. The molecule has 1 fully saturated rings. The summed E-state index contributed by atoms with van der Waals surface area (Å²) in [5, 5.41) is 8.83. The number of hydrogen-bond donors (Lipinski definition) is 3. The summed E-state index contributed by atoms with van der Waals surface area (Å²) in [6, 6.07) is 6.85. The van der Waals surface area contributed by atoms with Crippen molar-refractivity contribution in [2.75, 3.05) is 55.9 Å². The first kappa shape index (κ1) is 20.5. The number of carbonyl (C=O) groups is 1. The van der Waals surface area contributed by atoms with Gasteiger partial charge in [-0.1, -0.05) is 0 Å². The monoisotopic (exact) mass is 400 g/mol. The van der Waals surface area contributed by atoms with Crippen LogP contribution in [0.3, 0.4) is 0 Å². The van der Waals surface area contributed by atoms with Crippen LogP contribution in [0.5, 0.6) is 11.5 Å². The molecule has 9 heteroatoms. The van der Waals surface area contributed by atoms with Gasteiger partial charge in [-0.05, 0) is 19.8 Å². The second kappa shape index (κ2) is 9.81. The summed E-state index contributed by atoms with van der Waals surface area (Å²) in [6.45, 7) is 4.94. The van der Waals surface area contributed by atoms with Gasteiger partial charge in [-0.2, -0.15) is 0 Å². The highest BCUT2D eigenvalue weighted by molar-refractivity contribution is 5.89. The fourth-order valence-corrected chi connectivity index (χ4v) is 3.17. The van der Waals surface area contributed by atoms with Crippen molar-refractivity contribution in [3.05, 3.63) is 30.1 Å². The number of carbonyl (C=O) groups excluding carboxylic acids is 1. The number of nitrogens with zero attached hydrogens (tertiary/aromatic N) is 3. The zero-order valence-electron chi connectivity index (χ0n) is 17.1. The molecule has 2 heterocycles. The van der Waals surface area contributed by atoms with Gasteiger partial charge in [0, 0.05) is 56.1 Å². The van der Waals surface area contributed by atoms with Crippen molar-refractivity contribution in [3.8, 4) is 11.5 Å². The van der Waals surface area contributed by atoms with Crippen LogP contribution in [0.25, 0.3) is 0 Å². The highest BCUT2D eigenvalue weighted by Gasteiger charge is 2.15. The van der Waals surface area contributed by atoms with E-state index < -0.39 is 0 Å². The molecule has 1 aliphatic rings. The van der Waals surface area contributed by atoms with E-state index >= 15 is 0 Å². The van der Waals surface area contributed by atoms with Gasteiger partial charge in [-0.15, -0.1) is 0 Å². The van der Waals surface area contributed by atoms with Gasteiger partial charge in [0.25, 0.3) is 0 Å². The third kappa shape index (κ3) is 5.87. The van der Waals surface area contributed by atoms with Crippen LogP contribution in [0.2, 0.25) is 0 Å². The topological polar surface area (TPSA) is 101 Å². The van der Waals surface area contributed by atoms with Crippen molar-refractivity contribution in [1.29, 1.82) is 0 Å². The Labute approximate surface area is 170 Å².